The molecule has 364 valence electrons. The van der Waals surface area contributed by atoms with Gasteiger partial charge in [-0.25, -0.2) is 4.79 Å². The van der Waals surface area contributed by atoms with Crippen molar-refractivity contribution in [3.63, 3.8) is 0 Å². The highest BCUT2D eigenvalue weighted by molar-refractivity contribution is 5.81. The van der Waals surface area contributed by atoms with E-state index >= 15 is 0 Å². The number of methoxy groups -OCH3 is 1. The summed E-state index contributed by atoms with van der Waals surface area (Å²) in [6.45, 7) is 9.96. The number of benzene rings is 1. The number of aliphatic carboxylic acids is 1. The number of esters is 1. The highest BCUT2D eigenvalue weighted by Gasteiger charge is 2.63. The number of allylic oxidation sites excluding steroid dienone is 9. The Bertz CT molecular complexity index is 1930. The summed E-state index contributed by atoms with van der Waals surface area (Å²) in [4.78, 5) is 38.6. The molecule has 0 spiro atoms. The number of carbonyl (C=O) groups is 3. The van der Waals surface area contributed by atoms with Crippen LogP contribution in [0.15, 0.2) is 115 Å². The molecule has 3 aliphatic heterocycles. The zero-order chi connectivity index (χ0) is 48.6. The third-order valence-electron chi connectivity index (χ3n) is 12.2. The number of aliphatic hydroxyl groups excluding tert-OH is 4. The first-order valence-corrected chi connectivity index (χ1v) is 22.3. The largest absolute Gasteiger partial charge is 0.478 e. The van der Waals surface area contributed by atoms with Crippen LogP contribution in [0.2, 0.25) is 0 Å². The maximum absolute atomic E-state index is 14.4. The Labute approximate surface area is 387 Å². The third-order valence-corrected chi connectivity index (χ3v) is 12.2. The quantitative estimate of drug-likeness (QED) is 0.0528. The van der Waals surface area contributed by atoms with Crippen LogP contribution in [0.1, 0.15) is 59.9 Å². The van der Waals surface area contributed by atoms with E-state index in [0.717, 1.165) is 11.6 Å². The normalized spacial score (nSPS) is 32.2. The first-order chi connectivity index (χ1) is 31.3. The Morgan fingerprint density at radius 1 is 0.939 bits per heavy atom. The fourth-order valence-electron chi connectivity index (χ4n) is 8.21. The van der Waals surface area contributed by atoms with Crippen molar-refractivity contribution in [2.45, 2.75) is 134 Å². The van der Waals surface area contributed by atoms with Crippen LogP contribution in [-0.2, 0) is 49.2 Å². The molecule has 14 atom stereocenters. The molecule has 0 bridgehead atoms. The van der Waals surface area contributed by atoms with Crippen LogP contribution >= 0.6 is 0 Å². The molecule has 1 amide bonds. The van der Waals surface area contributed by atoms with E-state index in [2.05, 4.69) is 5.32 Å². The van der Waals surface area contributed by atoms with E-state index in [1.807, 2.05) is 26.8 Å². The minimum Gasteiger partial charge on any atom is -0.478 e. The molecule has 1 aromatic rings. The van der Waals surface area contributed by atoms with E-state index < -0.39 is 103 Å². The van der Waals surface area contributed by atoms with Gasteiger partial charge in [0.2, 0.25) is 11.7 Å². The highest BCUT2D eigenvalue weighted by Crippen LogP contribution is 2.46. The molecule has 7 N–H and O–H groups in total. The maximum atomic E-state index is 14.4. The van der Waals surface area contributed by atoms with Crippen LogP contribution in [0, 0.1) is 17.3 Å². The molecule has 3 aliphatic rings. The number of hydrogen-bond acceptors (Lipinski definition) is 14. The summed E-state index contributed by atoms with van der Waals surface area (Å²) in [6.07, 6.45) is 10.3. The predicted molar refractivity (Wildman–Crippen MR) is 244 cm³/mol. The second-order valence-electron chi connectivity index (χ2n) is 17.5. The molecule has 0 aromatic heterocycles. The van der Waals surface area contributed by atoms with E-state index in [-0.39, 0.29) is 31.4 Å². The molecule has 16 nitrogen and oxygen atoms in total. The van der Waals surface area contributed by atoms with Gasteiger partial charge in [-0.1, -0.05) is 124 Å². The van der Waals surface area contributed by atoms with Crippen molar-refractivity contribution in [3.05, 3.63) is 120 Å². The molecule has 3 saturated heterocycles. The number of aliphatic hydroxyl groups is 5. The minimum absolute atomic E-state index is 0.0477. The number of carbonyl (C=O) groups excluding carboxylic acids is 2. The van der Waals surface area contributed by atoms with Crippen LogP contribution in [0.3, 0.4) is 0 Å². The Hall–Kier alpha value is -4.59. The van der Waals surface area contributed by atoms with Gasteiger partial charge in [0.05, 0.1) is 49.7 Å². The smallest absolute Gasteiger partial charge is 0.328 e. The zero-order valence-corrected chi connectivity index (χ0v) is 38.8. The molecule has 3 heterocycles. The minimum atomic E-state index is -2.68. The molecule has 66 heavy (non-hydrogen) atoms. The predicted octanol–water partition coefficient (Wildman–Crippen LogP) is 3.78. The number of carboxylic acids is 1. The van der Waals surface area contributed by atoms with Crippen LogP contribution in [0.4, 0.5) is 0 Å². The monoisotopic (exact) mass is 923 g/mol. The van der Waals surface area contributed by atoms with Crippen molar-refractivity contribution in [1.29, 1.82) is 0 Å². The van der Waals surface area contributed by atoms with Crippen molar-refractivity contribution >= 4 is 17.8 Å². The van der Waals surface area contributed by atoms with Gasteiger partial charge >= 0.3 is 11.9 Å². The number of carboxylic acid groups (broad SMARTS) is 1. The fraction of sp³-hybridized carbons (Fsp3) is 0.540. The number of ether oxygens (including phenoxy) is 6. The summed E-state index contributed by atoms with van der Waals surface area (Å²) >= 11 is 0. The Balaban J connectivity index is 1.55. The molecule has 4 rings (SSSR count). The molecular formula is C50H69NO15. The van der Waals surface area contributed by atoms with E-state index in [9.17, 15) is 39.9 Å². The molecular weight excluding hydrogens is 855 g/mol. The molecule has 0 aliphatic carbocycles. The van der Waals surface area contributed by atoms with Gasteiger partial charge in [-0.2, -0.15) is 0 Å². The lowest BCUT2D eigenvalue weighted by molar-refractivity contribution is -0.366. The number of hydrogen-bond donors (Lipinski definition) is 7. The Kier molecular flexibility index (Phi) is 20.9. The van der Waals surface area contributed by atoms with Gasteiger partial charge in [0.1, 0.15) is 24.2 Å². The SMILES string of the molecule is CC=CC=CC1OC(O)(C(COC2CC(O)C(O)C(C)O2)C(=O)NCC=CC=C(C)C(OC)C(C)C2CC(O)C(C=CC=CC=CC(=O)O)O2)C(OC(=O)Cc2ccccc2)C(O)C1(C)C. The van der Waals surface area contributed by atoms with E-state index in [1.165, 1.54) is 6.08 Å². The van der Waals surface area contributed by atoms with Crippen LogP contribution in [0.5, 0.6) is 0 Å². The van der Waals surface area contributed by atoms with Crippen molar-refractivity contribution in [3.8, 4) is 0 Å². The van der Waals surface area contributed by atoms with E-state index in [1.54, 1.807) is 119 Å². The zero-order valence-electron chi connectivity index (χ0n) is 38.8. The summed E-state index contributed by atoms with van der Waals surface area (Å²) in [5, 5.41) is 67.7. The first kappa shape index (κ1) is 54.0. The summed E-state index contributed by atoms with van der Waals surface area (Å²) in [7, 11) is 1.58. The van der Waals surface area contributed by atoms with E-state index in [4.69, 9.17) is 33.5 Å². The van der Waals surface area contributed by atoms with Crippen LogP contribution in [0.25, 0.3) is 0 Å². The van der Waals surface area contributed by atoms with Gasteiger partial charge in [-0.05, 0) is 31.9 Å². The Morgan fingerprint density at radius 2 is 1.64 bits per heavy atom. The number of rotatable bonds is 21. The number of nitrogens with one attached hydrogen (secondary N) is 1. The lowest BCUT2D eigenvalue weighted by atomic mass is 9.71. The summed E-state index contributed by atoms with van der Waals surface area (Å²) in [6, 6.07) is 8.77. The van der Waals surface area contributed by atoms with Gasteiger partial charge < -0.3 is 64.4 Å². The molecule has 1 aromatic carbocycles. The van der Waals surface area contributed by atoms with Gasteiger partial charge in [0.15, 0.2) is 12.4 Å². The van der Waals surface area contributed by atoms with E-state index in [0.29, 0.717) is 12.0 Å². The van der Waals surface area contributed by atoms with Crippen molar-refractivity contribution < 1.29 is 73.4 Å². The fourth-order valence-corrected chi connectivity index (χ4v) is 8.21. The molecule has 14 unspecified atom stereocenters. The molecule has 16 heteroatoms. The highest BCUT2D eigenvalue weighted by atomic mass is 16.7. The van der Waals surface area contributed by atoms with Crippen LogP contribution in [-0.4, -0.2) is 142 Å². The van der Waals surface area contributed by atoms with Crippen molar-refractivity contribution in [2.24, 2.45) is 17.3 Å². The summed E-state index contributed by atoms with van der Waals surface area (Å²) < 4.78 is 36.1. The Morgan fingerprint density at radius 3 is 2.30 bits per heavy atom. The maximum Gasteiger partial charge on any atom is 0.328 e. The molecule has 0 radical (unpaired) electrons. The van der Waals surface area contributed by atoms with Crippen molar-refractivity contribution in [2.75, 3.05) is 20.3 Å². The second kappa shape index (κ2) is 25.5. The molecule has 0 saturated carbocycles. The lowest BCUT2D eigenvalue weighted by Crippen LogP contribution is -2.71. The second-order valence-corrected chi connectivity index (χ2v) is 17.5. The summed E-state index contributed by atoms with van der Waals surface area (Å²) in [5.41, 5.74) is 0.299. The topological polar surface area (TPSA) is 240 Å². The third kappa shape index (κ3) is 14.7. The van der Waals surface area contributed by atoms with Crippen molar-refractivity contribution in [1.82, 2.24) is 5.32 Å². The van der Waals surface area contributed by atoms with Gasteiger partial charge in [0.25, 0.3) is 0 Å². The number of amides is 1. The standard InChI is InChI=1S/C50H69NO15/c1-8-9-13-24-40-49(5,6)46(58)47(65-42(56)27-34-21-14-12-15-22-34)50(60,66-40)35(30-62-43-29-37(53)44(57)33(4)63-43)48(59)51-26-19-18-20-31(2)45(61-7)32(3)39-28-36(52)38(64-39)23-16-10-11-17-25-41(54)55/h8-25,32-33,35-40,43-47,52-53,57-58,60H,26-30H2,1-7H3,(H,51,59)(H,54,55). The first-order valence-electron chi connectivity index (χ1n) is 22.3. The average molecular weight is 924 g/mol. The van der Waals surface area contributed by atoms with Gasteiger partial charge in [-0.3, -0.25) is 9.59 Å². The van der Waals surface area contributed by atoms with Crippen LogP contribution < -0.4 is 5.32 Å². The van der Waals surface area contributed by atoms with Gasteiger partial charge in [0, 0.05) is 43.9 Å². The molecule has 3 fully saturated rings. The van der Waals surface area contributed by atoms with Gasteiger partial charge in [-0.15, -0.1) is 0 Å². The lowest BCUT2D eigenvalue weighted by Gasteiger charge is -2.54. The summed E-state index contributed by atoms with van der Waals surface area (Å²) in [5.74, 6) is -7.14. The average Bonchev–Trinajstić information content (AvgIpc) is 3.64.